The van der Waals surface area contributed by atoms with Crippen molar-refractivity contribution in [3.63, 3.8) is 0 Å². The van der Waals surface area contributed by atoms with E-state index >= 15 is 0 Å². The van der Waals surface area contributed by atoms with Gasteiger partial charge in [-0.1, -0.05) is 0 Å². The van der Waals surface area contributed by atoms with Gasteiger partial charge in [-0.3, -0.25) is 9.98 Å². The summed E-state index contributed by atoms with van der Waals surface area (Å²) in [6.07, 6.45) is 1.75. The first-order chi connectivity index (χ1) is 3.31. The molecule has 0 aromatic rings. The number of nitrogens with zero attached hydrogens (tertiary/aromatic N) is 2. The third-order valence-corrected chi connectivity index (χ3v) is 0.629. The summed E-state index contributed by atoms with van der Waals surface area (Å²) >= 11 is 0. The SMILES string of the molecule is C=N[C@H](C)/N=C/C. The highest BCUT2D eigenvalue weighted by Crippen LogP contribution is 1.84. The van der Waals surface area contributed by atoms with Gasteiger partial charge >= 0.3 is 0 Å². The van der Waals surface area contributed by atoms with Crippen molar-refractivity contribution in [1.29, 1.82) is 0 Å². The van der Waals surface area contributed by atoms with Gasteiger partial charge in [0.1, 0.15) is 6.17 Å². The van der Waals surface area contributed by atoms with Crippen molar-refractivity contribution >= 4 is 12.9 Å². The van der Waals surface area contributed by atoms with Crippen LogP contribution < -0.4 is 0 Å². The molecule has 0 aliphatic carbocycles. The maximum absolute atomic E-state index is 3.89. The summed E-state index contributed by atoms with van der Waals surface area (Å²) in [7, 11) is 0. The van der Waals surface area contributed by atoms with Gasteiger partial charge in [0.05, 0.1) is 0 Å². The van der Waals surface area contributed by atoms with Crippen molar-refractivity contribution in [2.75, 3.05) is 0 Å². The van der Waals surface area contributed by atoms with Crippen LogP contribution in [0.25, 0.3) is 0 Å². The topological polar surface area (TPSA) is 24.7 Å². The van der Waals surface area contributed by atoms with E-state index in [9.17, 15) is 0 Å². The van der Waals surface area contributed by atoms with E-state index in [0.717, 1.165) is 0 Å². The molecule has 0 fully saturated rings. The Morgan fingerprint density at radius 1 is 1.71 bits per heavy atom. The fraction of sp³-hybridized carbons (Fsp3) is 0.600. The molecule has 0 unspecified atom stereocenters. The van der Waals surface area contributed by atoms with Crippen LogP contribution >= 0.6 is 0 Å². The molecule has 0 aromatic carbocycles. The monoisotopic (exact) mass is 98.1 g/mol. The fourth-order valence-corrected chi connectivity index (χ4v) is 0.263. The molecule has 0 heterocycles. The summed E-state index contributed by atoms with van der Waals surface area (Å²) in [6, 6.07) is 0. The maximum atomic E-state index is 3.89. The zero-order chi connectivity index (χ0) is 5.70. The normalized spacial score (nSPS) is 14.6. The summed E-state index contributed by atoms with van der Waals surface area (Å²) in [5.41, 5.74) is 0. The molecule has 0 bridgehead atoms. The largest absolute Gasteiger partial charge is 0.275 e. The molecule has 2 heteroatoms. The molecule has 1 atom stereocenters. The van der Waals surface area contributed by atoms with Crippen molar-refractivity contribution in [3.05, 3.63) is 0 Å². The lowest BCUT2D eigenvalue weighted by Gasteiger charge is -1.91. The Bertz CT molecular complexity index is 76.1. The van der Waals surface area contributed by atoms with E-state index in [2.05, 4.69) is 16.7 Å². The van der Waals surface area contributed by atoms with Gasteiger partial charge in [-0.15, -0.1) is 0 Å². The van der Waals surface area contributed by atoms with Crippen molar-refractivity contribution in [3.8, 4) is 0 Å². The van der Waals surface area contributed by atoms with Crippen LogP contribution in [0.2, 0.25) is 0 Å². The molecule has 0 rings (SSSR count). The molecule has 0 aromatic heterocycles. The molecular formula is C5H10N2. The number of hydrogen-bond acceptors (Lipinski definition) is 2. The molecule has 7 heavy (non-hydrogen) atoms. The second-order valence-electron chi connectivity index (χ2n) is 1.22. The highest BCUT2D eigenvalue weighted by atomic mass is 15.0. The van der Waals surface area contributed by atoms with Crippen LogP contribution in [0.5, 0.6) is 0 Å². The lowest BCUT2D eigenvalue weighted by atomic mass is 10.6. The van der Waals surface area contributed by atoms with Gasteiger partial charge in [0.15, 0.2) is 0 Å². The third kappa shape index (κ3) is 3.16. The van der Waals surface area contributed by atoms with Gasteiger partial charge in [0, 0.05) is 0 Å². The minimum absolute atomic E-state index is 0.0324. The molecule has 0 radical (unpaired) electrons. The zero-order valence-electron chi connectivity index (χ0n) is 4.76. The van der Waals surface area contributed by atoms with E-state index in [1.807, 2.05) is 13.8 Å². The van der Waals surface area contributed by atoms with E-state index in [4.69, 9.17) is 0 Å². The molecule has 0 saturated heterocycles. The second kappa shape index (κ2) is 3.53. The van der Waals surface area contributed by atoms with Crippen LogP contribution in [0, 0.1) is 0 Å². The number of hydrogen-bond donors (Lipinski definition) is 0. The Balaban J connectivity index is 3.35. The van der Waals surface area contributed by atoms with Gasteiger partial charge in [-0.25, -0.2) is 0 Å². The minimum Gasteiger partial charge on any atom is -0.275 e. The second-order valence-corrected chi connectivity index (χ2v) is 1.22. The van der Waals surface area contributed by atoms with Crippen molar-refractivity contribution < 1.29 is 0 Å². The minimum atomic E-state index is 0.0324. The van der Waals surface area contributed by atoms with E-state index in [0.29, 0.717) is 0 Å². The van der Waals surface area contributed by atoms with Gasteiger partial charge in [-0.05, 0) is 26.8 Å². The molecule has 0 saturated carbocycles. The van der Waals surface area contributed by atoms with Gasteiger partial charge in [-0.2, -0.15) is 0 Å². The predicted molar refractivity (Wildman–Crippen MR) is 33.2 cm³/mol. The predicted octanol–water partition coefficient (Wildman–Crippen LogP) is 1.12. The summed E-state index contributed by atoms with van der Waals surface area (Å²) in [4.78, 5) is 7.52. The molecule has 2 nitrogen and oxygen atoms in total. The Hall–Kier alpha value is -0.660. The first kappa shape index (κ1) is 6.34. The highest BCUT2D eigenvalue weighted by molar-refractivity contribution is 5.53. The van der Waals surface area contributed by atoms with E-state index in [1.165, 1.54) is 0 Å². The molecule has 0 spiro atoms. The average molecular weight is 98.1 g/mol. The molecule has 40 valence electrons. The molecule has 0 N–H and O–H groups in total. The fourth-order valence-electron chi connectivity index (χ4n) is 0.263. The summed E-state index contributed by atoms with van der Waals surface area (Å²) in [5, 5.41) is 0. The van der Waals surface area contributed by atoms with Crippen LogP contribution in [-0.4, -0.2) is 19.1 Å². The van der Waals surface area contributed by atoms with Crippen LogP contribution in [-0.2, 0) is 0 Å². The Labute approximate surface area is 44.0 Å². The molecule has 0 amide bonds. The van der Waals surface area contributed by atoms with Crippen LogP contribution in [0.1, 0.15) is 13.8 Å². The summed E-state index contributed by atoms with van der Waals surface area (Å²) < 4.78 is 0. The third-order valence-electron chi connectivity index (χ3n) is 0.629. The Morgan fingerprint density at radius 2 is 2.29 bits per heavy atom. The van der Waals surface area contributed by atoms with E-state index < -0.39 is 0 Å². The smallest absolute Gasteiger partial charge is 0.135 e. The highest BCUT2D eigenvalue weighted by Gasteiger charge is 1.82. The Morgan fingerprint density at radius 3 is 2.43 bits per heavy atom. The van der Waals surface area contributed by atoms with Crippen LogP contribution in [0.3, 0.4) is 0 Å². The average Bonchev–Trinajstić information content (AvgIpc) is 1.68. The van der Waals surface area contributed by atoms with Crippen LogP contribution in [0.4, 0.5) is 0 Å². The maximum Gasteiger partial charge on any atom is 0.135 e. The summed E-state index contributed by atoms with van der Waals surface area (Å²) in [5.74, 6) is 0. The molecule has 0 aliphatic heterocycles. The zero-order valence-corrected chi connectivity index (χ0v) is 4.76. The Kier molecular flexibility index (Phi) is 3.19. The molecular weight excluding hydrogens is 88.1 g/mol. The van der Waals surface area contributed by atoms with Crippen molar-refractivity contribution in [2.45, 2.75) is 20.0 Å². The van der Waals surface area contributed by atoms with Crippen molar-refractivity contribution in [1.82, 2.24) is 0 Å². The molecule has 0 aliphatic rings. The number of rotatable bonds is 2. The van der Waals surface area contributed by atoms with Gasteiger partial charge < -0.3 is 0 Å². The lowest BCUT2D eigenvalue weighted by Crippen LogP contribution is -1.88. The van der Waals surface area contributed by atoms with E-state index in [-0.39, 0.29) is 6.17 Å². The standard InChI is InChI=1S/C5H10N2/c1-4-7-5(2)6-3/h4-5H,3H2,1-2H3/b7-4+/t5-/m0/s1. The summed E-state index contributed by atoms with van der Waals surface area (Å²) in [6.45, 7) is 7.06. The first-order valence-electron chi connectivity index (χ1n) is 2.25. The van der Waals surface area contributed by atoms with Gasteiger partial charge in [0.2, 0.25) is 0 Å². The van der Waals surface area contributed by atoms with Crippen molar-refractivity contribution in [2.24, 2.45) is 9.98 Å². The first-order valence-corrected chi connectivity index (χ1v) is 2.25. The number of aliphatic imine (C=N–C) groups is 2. The lowest BCUT2D eigenvalue weighted by molar-refractivity contribution is 0.805. The van der Waals surface area contributed by atoms with Crippen LogP contribution in [0.15, 0.2) is 9.98 Å². The van der Waals surface area contributed by atoms with Gasteiger partial charge in [0.25, 0.3) is 0 Å². The quantitative estimate of drug-likeness (QED) is 0.462. The van der Waals surface area contributed by atoms with E-state index in [1.54, 1.807) is 6.21 Å².